The van der Waals surface area contributed by atoms with Crippen LogP contribution in [0.5, 0.6) is 0 Å². The maximum Gasteiger partial charge on any atom is 0.0602 e. The Bertz CT molecular complexity index is 277. The molecule has 72 valence electrons. The van der Waals surface area contributed by atoms with Crippen LogP contribution < -0.4 is 10.6 Å². The quantitative estimate of drug-likeness (QED) is 0.720. The largest absolute Gasteiger partial charge is 0.397 e. The van der Waals surface area contributed by atoms with Crippen molar-refractivity contribution in [3.8, 4) is 0 Å². The van der Waals surface area contributed by atoms with E-state index in [2.05, 4.69) is 31.7 Å². The van der Waals surface area contributed by atoms with Crippen molar-refractivity contribution in [1.82, 2.24) is 0 Å². The number of hydrogen-bond acceptors (Lipinski definition) is 2. The fraction of sp³-hybridized carbons (Fsp3) is 0.455. The third kappa shape index (κ3) is 2.14. The molecule has 0 aliphatic rings. The van der Waals surface area contributed by atoms with Gasteiger partial charge in [0.2, 0.25) is 0 Å². The molecule has 0 saturated heterocycles. The molecule has 0 fully saturated rings. The first-order valence-corrected chi connectivity index (χ1v) is 4.80. The molecule has 1 rings (SSSR count). The molecular formula is C11H18N2. The Morgan fingerprint density at radius 1 is 1.23 bits per heavy atom. The summed E-state index contributed by atoms with van der Waals surface area (Å²) in [7, 11) is 0. The molecule has 0 unspecified atom stereocenters. The Hall–Kier alpha value is -1.18. The van der Waals surface area contributed by atoms with Crippen LogP contribution in [0.4, 0.5) is 11.4 Å². The average molecular weight is 178 g/mol. The van der Waals surface area contributed by atoms with E-state index in [4.69, 9.17) is 5.73 Å². The standard InChI is InChI=1S/C11H18N2/c1-4-13(5-2)11-8-9(3)6-7-10(11)12/h6-8H,4-5,12H2,1-3H3. The second kappa shape index (κ2) is 4.17. The van der Waals surface area contributed by atoms with Crippen LogP contribution in [0.2, 0.25) is 0 Å². The van der Waals surface area contributed by atoms with Gasteiger partial charge in [-0.25, -0.2) is 0 Å². The van der Waals surface area contributed by atoms with Gasteiger partial charge in [0.15, 0.2) is 0 Å². The number of anilines is 2. The lowest BCUT2D eigenvalue weighted by molar-refractivity contribution is 0.867. The minimum Gasteiger partial charge on any atom is -0.397 e. The summed E-state index contributed by atoms with van der Waals surface area (Å²) in [5.41, 5.74) is 9.19. The predicted molar refractivity (Wildman–Crippen MR) is 59.2 cm³/mol. The second-order valence-corrected chi connectivity index (χ2v) is 3.23. The predicted octanol–water partition coefficient (Wildman–Crippen LogP) is 2.42. The Kier molecular flexibility index (Phi) is 3.18. The van der Waals surface area contributed by atoms with Crippen molar-refractivity contribution >= 4 is 11.4 Å². The maximum atomic E-state index is 5.90. The van der Waals surface area contributed by atoms with Crippen molar-refractivity contribution in [2.24, 2.45) is 0 Å². The Morgan fingerprint density at radius 2 is 1.85 bits per heavy atom. The van der Waals surface area contributed by atoms with Crippen LogP contribution in [0.3, 0.4) is 0 Å². The number of aryl methyl sites for hydroxylation is 1. The molecule has 0 saturated carbocycles. The zero-order valence-corrected chi connectivity index (χ0v) is 8.67. The van der Waals surface area contributed by atoms with Crippen LogP contribution in [-0.4, -0.2) is 13.1 Å². The topological polar surface area (TPSA) is 29.3 Å². The van der Waals surface area contributed by atoms with Gasteiger partial charge < -0.3 is 10.6 Å². The fourth-order valence-electron chi connectivity index (χ4n) is 1.49. The van der Waals surface area contributed by atoms with Gasteiger partial charge in [-0.2, -0.15) is 0 Å². The molecule has 0 bridgehead atoms. The smallest absolute Gasteiger partial charge is 0.0602 e. The molecule has 0 spiro atoms. The highest BCUT2D eigenvalue weighted by Crippen LogP contribution is 2.23. The molecule has 0 aromatic heterocycles. The molecule has 2 heteroatoms. The van der Waals surface area contributed by atoms with Gasteiger partial charge in [-0.3, -0.25) is 0 Å². The molecule has 1 aromatic carbocycles. The van der Waals surface area contributed by atoms with E-state index in [1.807, 2.05) is 12.1 Å². The molecule has 1 aromatic rings. The van der Waals surface area contributed by atoms with Crippen molar-refractivity contribution < 1.29 is 0 Å². The lowest BCUT2D eigenvalue weighted by atomic mass is 10.2. The molecule has 0 radical (unpaired) electrons. The minimum atomic E-state index is 0.870. The summed E-state index contributed by atoms with van der Waals surface area (Å²) in [6, 6.07) is 6.16. The summed E-state index contributed by atoms with van der Waals surface area (Å²) in [5.74, 6) is 0. The Labute approximate surface area is 80.4 Å². The van der Waals surface area contributed by atoms with Gasteiger partial charge in [-0.15, -0.1) is 0 Å². The van der Waals surface area contributed by atoms with E-state index in [-0.39, 0.29) is 0 Å². The van der Waals surface area contributed by atoms with Gasteiger partial charge in [0.25, 0.3) is 0 Å². The van der Waals surface area contributed by atoms with Crippen LogP contribution >= 0.6 is 0 Å². The third-order valence-electron chi connectivity index (χ3n) is 2.29. The van der Waals surface area contributed by atoms with Crippen molar-refractivity contribution in [1.29, 1.82) is 0 Å². The van der Waals surface area contributed by atoms with Crippen LogP contribution in [-0.2, 0) is 0 Å². The summed E-state index contributed by atoms with van der Waals surface area (Å²) in [4.78, 5) is 2.27. The lowest BCUT2D eigenvalue weighted by Gasteiger charge is -2.23. The van der Waals surface area contributed by atoms with E-state index in [0.717, 1.165) is 24.5 Å². The van der Waals surface area contributed by atoms with E-state index >= 15 is 0 Å². The second-order valence-electron chi connectivity index (χ2n) is 3.23. The van der Waals surface area contributed by atoms with Crippen molar-refractivity contribution in [2.75, 3.05) is 23.7 Å². The third-order valence-corrected chi connectivity index (χ3v) is 2.29. The van der Waals surface area contributed by atoms with E-state index < -0.39 is 0 Å². The normalized spacial score (nSPS) is 10.1. The minimum absolute atomic E-state index is 0.870. The molecule has 2 nitrogen and oxygen atoms in total. The number of nitrogens with zero attached hydrogens (tertiary/aromatic N) is 1. The molecule has 0 aliphatic carbocycles. The summed E-state index contributed by atoms with van der Waals surface area (Å²) in [6.45, 7) is 8.39. The van der Waals surface area contributed by atoms with Gasteiger partial charge in [-0.1, -0.05) is 6.07 Å². The molecule has 13 heavy (non-hydrogen) atoms. The number of nitrogen functional groups attached to an aromatic ring is 1. The number of benzene rings is 1. The average Bonchev–Trinajstić information content (AvgIpc) is 2.13. The highest BCUT2D eigenvalue weighted by molar-refractivity contribution is 5.68. The molecule has 0 amide bonds. The Balaban J connectivity index is 3.03. The zero-order valence-electron chi connectivity index (χ0n) is 8.67. The van der Waals surface area contributed by atoms with Gasteiger partial charge in [0.05, 0.1) is 11.4 Å². The van der Waals surface area contributed by atoms with E-state index in [1.54, 1.807) is 0 Å². The van der Waals surface area contributed by atoms with E-state index in [9.17, 15) is 0 Å². The zero-order chi connectivity index (χ0) is 9.84. The SMILES string of the molecule is CCN(CC)c1cc(C)ccc1N. The number of nitrogens with two attached hydrogens (primary N) is 1. The van der Waals surface area contributed by atoms with Crippen LogP contribution in [0.25, 0.3) is 0 Å². The van der Waals surface area contributed by atoms with Crippen LogP contribution in [0, 0.1) is 6.92 Å². The summed E-state index contributed by atoms with van der Waals surface area (Å²) in [5, 5.41) is 0. The molecule has 0 atom stereocenters. The fourth-order valence-corrected chi connectivity index (χ4v) is 1.49. The van der Waals surface area contributed by atoms with Gasteiger partial charge in [0, 0.05) is 13.1 Å². The monoisotopic (exact) mass is 178 g/mol. The van der Waals surface area contributed by atoms with Crippen LogP contribution in [0.1, 0.15) is 19.4 Å². The highest BCUT2D eigenvalue weighted by Gasteiger charge is 2.05. The molecule has 0 heterocycles. The van der Waals surface area contributed by atoms with Gasteiger partial charge >= 0.3 is 0 Å². The van der Waals surface area contributed by atoms with Crippen molar-refractivity contribution in [3.05, 3.63) is 23.8 Å². The lowest BCUT2D eigenvalue weighted by Crippen LogP contribution is -2.22. The van der Waals surface area contributed by atoms with Gasteiger partial charge in [-0.05, 0) is 38.5 Å². The summed E-state index contributed by atoms with van der Waals surface area (Å²) >= 11 is 0. The molecule has 2 N–H and O–H groups in total. The maximum absolute atomic E-state index is 5.90. The van der Waals surface area contributed by atoms with Gasteiger partial charge in [0.1, 0.15) is 0 Å². The van der Waals surface area contributed by atoms with Crippen LogP contribution in [0.15, 0.2) is 18.2 Å². The number of rotatable bonds is 3. The summed E-state index contributed by atoms with van der Waals surface area (Å²) < 4.78 is 0. The van der Waals surface area contributed by atoms with Crippen molar-refractivity contribution in [3.63, 3.8) is 0 Å². The summed E-state index contributed by atoms with van der Waals surface area (Å²) in [6.07, 6.45) is 0. The molecule has 0 aliphatic heterocycles. The van der Waals surface area contributed by atoms with Crippen molar-refractivity contribution in [2.45, 2.75) is 20.8 Å². The first-order chi connectivity index (χ1) is 6.19. The highest BCUT2D eigenvalue weighted by atomic mass is 15.1. The van der Waals surface area contributed by atoms with E-state index in [1.165, 1.54) is 5.56 Å². The first-order valence-electron chi connectivity index (χ1n) is 4.80. The van der Waals surface area contributed by atoms with E-state index in [0.29, 0.717) is 0 Å². The number of hydrogen-bond donors (Lipinski definition) is 1. The molecular weight excluding hydrogens is 160 g/mol. The first kappa shape index (κ1) is 9.90. The Morgan fingerprint density at radius 3 is 2.38 bits per heavy atom.